The van der Waals surface area contributed by atoms with E-state index in [4.69, 9.17) is 0 Å². The first kappa shape index (κ1) is 16.0. The van der Waals surface area contributed by atoms with Crippen molar-refractivity contribution in [1.29, 1.82) is 0 Å². The summed E-state index contributed by atoms with van der Waals surface area (Å²) in [4.78, 5) is 2.73. The zero-order valence-corrected chi connectivity index (χ0v) is 13.8. The van der Waals surface area contributed by atoms with Gasteiger partial charge in [0.05, 0.1) is 0 Å². The first-order valence-corrected chi connectivity index (χ1v) is 7.52. The van der Waals surface area contributed by atoms with Gasteiger partial charge in [0, 0.05) is 24.2 Å². The van der Waals surface area contributed by atoms with Crippen molar-refractivity contribution in [3.05, 3.63) is 0 Å². The molecule has 0 radical (unpaired) electrons. The van der Waals surface area contributed by atoms with Crippen molar-refractivity contribution in [3.8, 4) is 0 Å². The third-order valence-corrected chi connectivity index (χ3v) is 4.68. The maximum Gasteiger partial charge on any atom is 0.0161 e. The topological polar surface area (TPSA) is 15.3 Å². The highest BCUT2D eigenvalue weighted by Gasteiger charge is 2.40. The molecule has 0 aromatic heterocycles. The number of hydrogen-bond donors (Lipinski definition) is 1. The first-order chi connectivity index (χ1) is 8.08. The fourth-order valence-electron chi connectivity index (χ4n) is 4.03. The average molecular weight is 254 g/mol. The van der Waals surface area contributed by atoms with E-state index in [9.17, 15) is 0 Å². The molecule has 0 bridgehead atoms. The summed E-state index contributed by atoms with van der Waals surface area (Å²) >= 11 is 0. The summed E-state index contributed by atoms with van der Waals surface area (Å²) in [5, 5.41) is 3.48. The van der Waals surface area contributed by atoms with Crippen LogP contribution < -0.4 is 5.32 Å². The Balaban J connectivity index is 2.78. The minimum absolute atomic E-state index is 0.296. The molecule has 0 amide bonds. The normalized spacial score (nSPS) is 31.7. The molecule has 1 aliphatic rings. The molecule has 0 aliphatic carbocycles. The number of hydrogen-bond acceptors (Lipinski definition) is 2. The third kappa shape index (κ3) is 3.71. The number of rotatable bonds is 3. The van der Waals surface area contributed by atoms with Crippen LogP contribution in [0, 0.1) is 11.3 Å². The van der Waals surface area contributed by atoms with E-state index in [1.807, 2.05) is 0 Å². The minimum Gasteiger partial charge on any atom is -0.317 e. The molecule has 2 heteroatoms. The van der Waals surface area contributed by atoms with Gasteiger partial charge >= 0.3 is 0 Å². The van der Waals surface area contributed by atoms with Crippen LogP contribution in [0.15, 0.2) is 0 Å². The number of nitrogens with zero attached hydrogens (tertiary/aromatic N) is 1. The Labute approximate surface area is 115 Å². The zero-order valence-electron chi connectivity index (χ0n) is 13.8. The van der Waals surface area contributed by atoms with Crippen LogP contribution in [0.4, 0.5) is 0 Å². The lowest BCUT2D eigenvalue weighted by molar-refractivity contribution is -0.0131. The van der Waals surface area contributed by atoms with Crippen molar-refractivity contribution in [2.45, 2.75) is 78.9 Å². The minimum atomic E-state index is 0.296. The summed E-state index contributed by atoms with van der Waals surface area (Å²) in [6.45, 7) is 17.9. The molecule has 1 rings (SSSR count). The molecule has 0 aromatic rings. The van der Waals surface area contributed by atoms with E-state index in [1.165, 1.54) is 19.4 Å². The Morgan fingerprint density at radius 1 is 1.11 bits per heavy atom. The standard InChI is InChI=1S/C16H34N2/c1-12-13(2)18(10-9-14(12)17-8)16(6,7)11-15(3,4)5/h12-14,17H,9-11H2,1-8H3. The van der Waals surface area contributed by atoms with Crippen LogP contribution in [0.5, 0.6) is 0 Å². The molecule has 1 heterocycles. The van der Waals surface area contributed by atoms with Crippen molar-refractivity contribution < 1.29 is 0 Å². The maximum atomic E-state index is 3.48. The molecule has 1 fully saturated rings. The second kappa shape index (κ2) is 5.50. The molecule has 0 spiro atoms. The Hall–Kier alpha value is -0.0800. The van der Waals surface area contributed by atoms with Gasteiger partial charge in [-0.15, -0.1) is 0 Å². The molecule has 1 aliphatic heterocycles. The second-order valence-electron chi connectivity index (χ2n) is 8.03. The SMILES string of the molecule is CNC1CCN(C(C)(C)CC(C)(C)C)C(C)C1C. The maximum absolute atomic E-state index is 3.48. The Kier molecular flexibility index (Phi) is 4.88. The second-order valence-corrected chi connectivity index (χ2v) is 8.03. The Morgan fingerprint density at radius 3 is 2.11 bits per heavy atom. The van der Waals surface area contributed by atoms with E-state index in [1.54, 1.807) is 0 Å². The quantitative estimate of drug-likeness (QED) is 0.829. The van der Waals surface area contributed by atoms with E-state index >= 15 is 0 Å². The van der Waals surface area contributed by atoms with Gasteiger partial charge in [-0.2, -0.15) is 0 Å². The van der Waals surface area contributed by atoms with Crippen LogP contribution in [0.25, 0.3) is 0 Å². The third-order valence-electron chi connectivity index (χ3n) is 4.68. The summed E-state index contributed by atoms with van der Waals surface area (Å²) in [6.07, 6.45) is 2.52. The van der Waals surface area contributed by atoms with Gasteiger partial charge < -0.3 is 5.32 Å². The van der Waals surface area contributed by atoms with Gasteiger partial charge in [-0.25, -0.2) is 0 Å². The first-order valence-electron chi connectivity index (χ1n) is 7.52. The van der Waals surface area contributed by atoms with Crippen LogP contribution in [0.2, 0.25) is 0 Å². The number of nitrogens with one attached hydrogen (secondary N) is 1. The molecule has 108 valence electrons. The van der Waals surface area contributed by atoms with Gasteiger partial charge in [0.2, 0.25) is 0 Å². The van der Waals surface area contributed by atoms with Crippen LogP contribution in [-0.4, -0.2) is 36.1 Å². The Bertz CT molecular complexity index is 265. The van der Waals surface area contributed by atoms with Gasteiger partial charge in [0.1, 0.15) is 0 Å². The molecule has 1 saturated heterocycles. The average Bonchev–Trinajstić information content (AvgIpc) is 2.18. The molecule has 0 saturated carbocycles. The van der Waals surface area contributed by atoms with E-state index in [0.29, 0.717) is 23.0 Å². The van der Waals surface area contributed by atoms with Gasteiger partial charge in [-0.1, -0.05) is 27.7 Å². The lowest BCUT2D eigenvalue weighted by Gasteiger charge is -2.52. The largest absolute Gasteiger partial charge is 0.317 e. The molecule has 1 N–H and O–H groups in total. The van der Waals surface area contributed by atoms with E-state index < -0.39 is 0 Å². The van der Waals surface area contributed by atoms with Crippen molar-refractivity contribution >= 4 is 0 Å². The highest BCUT2D eigenvalue weighted by atomic mass is 15.2. The highest BCUT2D eigenvalue weighted by molar-refractivity contribution is 4.96. The summed E-state index contributed by atoms with van der Waals surface area (Å²) in [5.41, 5.74) is 0.691. The van der Waals surface area contributed by atoms with Gasteiger partial charge in [0.15, 0.2) is 0 Å². The molecular weight excluding hydrogens is 220 g/mol. The fourth-order valence-corrected chi connectivity index (χ4v) is 4.03. The summed E-state index contributed by atoms with van der Waals surface area (Å²) in [5.74, 6) is 0.725. The lowest BCUT2D eigenvalue weighted by Crippen LogP contribution is -2.60. The molecule has 3 atom stereocenters. The Morgan fingerprint density at radius 2 is 1.67 bits per heavy atom. The van der Waals surface area contributed by atoms with Gasteiger partial charge in [-0.05, 0) is 52.0 Å². The smallest absolute Gasteiger partial charge is 0.0161 e. The van der Waals surface area contributed by atoms with E-state index in [-0.39, 0.29) is 0 Å². The van der Waals surface area contributed by atoms with Gasteiger partial charge in [-0.3, -0.25) is 4.90 Å². The van der Waals surface area contributed by atoms with Crippen molar-refractivity contribution in [1.82, 2.24) is 10.2 Å². The number of likely N-dealkylation sites (tertiary alicyclic amines) is 1. The molecule has 2 nitrogen and oxygen atoms in total. The van der Waals surface area contributed by atoms with E-state index in [2.05, 4.69) is 65.7 Å². The van der Waals surface area contributed by atoms with E-state index in [0.717, 1.165) is 5.92 Å². The summed E-state index contributed by atoms with van der Waals surface area (Å²) in [7, 11) is 2.10. The molecule has 0 aromatic carbocycles. The predicted molar refractivity (Wildman–Crippen MR) is 80.9 cm³/mol. The van der Waals surface area contributed by atoms with Crippen LogP contribution >= 0.6 is 0 Å². The summed E-state index contributed by atoms with van der Waals surface area (Å²) in [6, 6.07) is 1.34. The lowest BCUT2D eigenvalue weighted by atomic mass is 9.77. The molecular formula is C16H34N2. The molecule has 18 heavy (non-hydrogen) atoms. The van der Waals surface area contributed by atoms with Crippen LogP contribution in [0.3, 0.4) is 0 Å². The highest BCUT2D eigenvalue weighted by Crippen LogP contribution is 2.36. The molecule has 3 unspecified atom stereocenters. The monoisotopic (exact) mass is 254 g/mol. The predicted octanol–water partition coefficient (Wildman–Crippen LogP) is 3.52. The fraction of sp³-hybridized carbons (Fsp3) is 1.00. The zero-order chi connectivity index (χ0) is 14.1. The van der Waals surface area contributed by atoms with Crippen molar-refractivity contribution in [3.63, 3.8) is 0 Å². The summed E-state index contributed by atoms with van der Waals surface area (Å²) < 4.78 is 0. The van der Waals surface area contributed by atoms with Crippen LogP contribution in [-0.2, 0) is 0 Å². The van der Waals surface area contributed by atoms with Crippen molar-refractivity contribution in [2.24, 2.45) is 11.3 Å². The number of piperidine rings is 1. The van der Waals surface area contributed by atoms with Crippen molar-refractivity contribution in [2.75, 3.05) is 13.6 Å². The van der Waals surface area contributed by atoms with Gasteiger partial charge in [0.25, 0.3) is 0 Å². The van der Waals surface area contributed by atoms with Crippen LogP contribution in [0.1, 0.15) is 61.3 Å².